The minimum atomic E-state index is -0.881. The first-order valence-electron chi connectivity index (χ1n) is 6.42. The van der Waals surface area contributed by atoms with Crippen molar-refractivity contribution in [2.24, 2.45) is 0 Å². The second-order valence-electron chi connectivity index (χ2n) is 4.53. The van der Waals surface area contributed by atoms with Gasteiger partial charge in [-0.3, -0.25) is 4.79 Å². The number of likely N-dealkylation sites (N-methyl/N-ethyl adjacent to an activating group) is 1. The average Bonchev–Trinajstić information content (AvgIpc) is 2.43. The van der Waals surface area contributed by atoms with Crippen molar-refractivity contribution in [3.8, 4) is 0 Å². The summed E-state index contributed by atoms with van der Waals surface area (Å²) >= 11 is 1.39. The van der Waals surface area contributed by atoms with Gasteiger partial charge in [0.25, 0.3) is 5.91 Å². The molecule has 0 radical (unpaired) electrons. The number of aromatic nitrogens is 1. The molecule has 1 heterocycles. The number of pyridine rings is 1. The number of thioether (sulfide) groups is 1. The molecule has 0 aromatic carbocycles. The van der Waals surface area contributed by atoms with E-state index in [1.54, 1.807) is 32.3 Å². The van der Waals surface area contributed by atoms with Gasteiger partial charge in [0, 0.05) is 27.4 Å². The zero-order valence-electron chi connectivity index (χ0n) is 12.0. The number of methoxy groups -OCH3 is 1. The van der Waals surface area contributed by atoms with Crippen molar-refractivity contribution in [1.82, 2.24) is 9.88 Å². The highest BCUT2D eigenvalue weighted by Gasteiger charge is 2.40. The summed E-state index contributed by atoms with van der Waals surface area (Å²) in [5.41, 5.74) is 0. The minimum Gasteiger partial charge on any atom is -0.358 e. The van der Waals surface area contributed by atoms with Crippen molar-refractivity contribution in [2.45, 2.75) is 36.1 Å². The normalized spacial score (nSPS) is 13.9. The Morgan fingerprint density at radius 3 is 2.68 bits per heavy atom. The maximum Gasteiger partial charge on any atom is 0.265 e. The molecule has 5 heteroatoms. The fourth-order valence-corrected chi connectivity index (χ4v) is 2.96. The van der Waals surface area contributed by atoms with Crippen LogP contribution in [0.15, 0.2) is 29.4 Å². The molecule has 1 amide bonds. The number of nitrogens with zero attached hydrogens (tertiary/aromatic N) is 2. The summed E-state index contributed by atoms with van der Waals surface area (Å²) in [5, 5.41) is 0.802. The molecule has 0 fully saturated rings. The van der Waals surface area contributed by atoms with E-state index in [1.165, 1.54) is 11.8 Å². The molecule has 1 rings (SSSR count). The molecule has 0 saturated carbocycles. The highest BCUT2D eigenvalue weighted by atomic mass is 32.2. The number of hydrogen-bond donors (Lipinski definition) is 0. The number of ether oxygens (including phenoxy) is 1. The molecular formula is C14H22N2O2S. The van der Waals surface area contributed by atoms with Crippen LogP contribution in [-0.2, 0) is 9.53 Å². The number of hydrogen-bond acceptors (Lipinski definition) is 4. The first-order valence-corrected chi connectivity index (χ1v) is 7.24. The number of carbonyl (C=O) groups is 1. The van der Waals surface area contributed by atoms with E-state index in [2.05, 4.69) is 11.9 Å². The third-order valence-electron chi connectivity index (χ3n) is 2.83. The predicted molar refractivity (Wildman–Crippen MR) is 78.1 cm³/mol. The van der Waals surface area contributed by atoms with Crippen LogP contribution in [0.25, 0.3) is 0 Å². The Balaban J connectivity index is 2.99. The lowest BCUT2D eigenvalue weighted by Crippen LogP contribution is -2.45. The summed E-state index contributed by atoms with van der Waals surface area (Å²) in [5.74, 6) is -0.0286. The minimum absolute atomic E-state index is 0.0286. The first-order chi connectivity index (χ1) is 9.05. The largest absolute Gasteiger partial charge is 0.358 e. The highest BCUT2D eigenvalue weighted by molar-refractivity contribution is 8.01. The smallest absolute Gasteiger partial charge is 0.265 e. The van der Waals surface area contributed by atoms with Crippen LogP contribution >= 0.6 is 11.8 Å². The molecule has 0 aliphatic rings. The molecule has 0 spiro atoms. The molecule has 1 aromatic rings. The fourth-order valence-electron chi connectivity index (χ4n) is 1.76. The van der Waals surface area contributed by atoms with Crippen LogP contribution in [0.4, 0.5) is 0 Å². The third-order valence-corrected chi connectivity index (χ3v) is 4.15. The summed E-state index contributed by atoms with van der Waals surface area (Å²) in [4.78, 5) is 17.4. The van der Waals surface area contributed by atoms with Crippen LogP contribution in [0, 0.1) is 0 Å². The fraction of sp³-hybridized carbons (Fsp3) is 0.571. The van der Waals surface area contributed by atoms with Crippen LogP contribution < -0.4 is 0 Å². The van der Waals surface area contributed by atoms with E-state index < -0.39 is 4.93 Å². The lowest BCUT2D eigenvalue weighted by atomic mass is 10.1. The lowest BCUT2D eigenvalue weighted by molar-refractivity contribution is -0.143. The molecule has 1 aromatic heterocycles. The standard InChI is InChI=1S/C14H22N2O2S/c1-5-6-10-14(18-4,13(17)16(2)3)19-12-9-7-8-11-15-12/h7-9,11H,5-6,10H2,1-4H3. The molecule has 0 bridgehead atoms. The van der Waals surface area contributed by atoms with E-state index in [1.807, 2.05) is 18.2 Å². The molecule has 4 nitrogen and oxygen atoms in total. The Hall–Kier alpha value is -1.07. The van der Waals surface area contributed by atoms with Gasteiger partial charge in [-0.05, 0) is 25.0 Å². The van der Waals surface area contributed by atoms with Gasteiger partial charge in [-0.2, -0.15) is 0 Å². The lowest BCUT2D eigenvalue weighted by Gasteiger charge is -2.32. The second-order valence-corrected chi connectivity index (χ2v) is 5.81. The number of rotatable bonds is 7. The van der Waals surface area contributed by atoms with E-state index in [4.69, 9.17) is 4.74 Å². The van der Waals surface area contributed by atoms with Crippen LogP contribution in [0.2, 0.25) is 0 Å². The topological polar surface area (TPSA) is 42.4 Å². The molecule has 1 atom stereocenters. The quantitative estimate of drug-likeness (QED) is 0.570. The van der Waals surface area contributed by atoms with E-state index >= 15 is 0 Å². The van der Waals surface area contributed by atoms with Gasteiger partial charge in [-0.15, -0.1) is 0 Å². The summed E-state index contributed by atoms with van der Waals surface area (Å²) in [6, 6.07) is 5.67. The van der Waals surface area contributed by atoms with Crippen LogP contribution in [0.1, 0.15) is 26.2 Å². The average molecular weight is 282 g/mol. The van der Waals surface area contributed by atoms with Gasteiger partial charge < -0.3 is 9.64 Å². The molecule has 106 valence electrons. The van der Waals surface area contributed by atoms with Gasteiger partial charge in [-0.25, -0.2) is 4.98 Å². The summed E-state index contributed by atoms with van der Waals surface area (Å²) < 4.78 is 5.60. The Bertz CT molecular complexity index is 398. The molecule has 0 saturated heterocycles. The second kappa shape index (κ2) is 7.50. The highest BCUT2D eigenvalue weighted by Crippen LogP contribution is 2.38. The van der Waals surface area contributed by atoms with Gasteiger partial charge in [0.1, 0.15) is 0 Å². The van der Waals surface area contributed by atoms with Crippen molar-refractivity contribution in [2.75, 3.05) is 21.2 Å². The summed E-state index contributed by atoms with van der Waals surface area (Å²) in [6.45, 7) is 2.10. The van der Waals surface area contributed by atoms with Crippen LogP contribution in [0.5, 0.6) is 0 Å². The van der Waals surface area contributed by atoms with Crippen molar-refractivity contribution >= 4 is 17.7 Å². The molecule has 0 aliphatic heterocycles. The maximum absolute atomic E-state index is 12.5. The Morgan fingerprint density at radius 1 is 1.47 bits per heavy atom. The van der Waals surface area contributed by atoms with E-state index in [0.29, 0.717) is 6.42 Å². The summed E-state index contributed by atoms with van der Waals surface area (Å²) in [7, 11) is 5.09. The van der Waals surface area contributed by atoms with Gasteiger partial charge in [0.2, 0.25) is 0 Å². The summed E-state index contributed by atoms with van der Waals surface area (Å²) in [6.07, 6.45) is 4.36. The monoisotopic (exact) mass is 282 g/mol. The molecule has 1 unspecified atom stereocenters. The van der Waals surface area contributed by atoms with Crippen molar-refractivity contribution in [3.63, 3.8) is 0 Å². The maximum atomic E-state index is 12.5. The predicted octanol–water partition coefficient (Wildman–Crippen LogP) is 2.79. The van der Waals surface area contributed by atoms with Gasteiger partial charge in [0.05, 0.1) is 5.03 Å². The number of amides is 1. The zero-order chi connectivity index (χ0) is 14.3. The molecule has 0 N–H and O–H groups in total. The SMILES string of the molecule is CCCCC(OC)(Sc1ccccn1)C(=O)N(C)C. The van der Waals surface area contributed by atoms with Crippen molar-refractivity contribution in [1.29, 1.82) is 0 Å². The first kappa shape index (κ1) is 16.0. The zero-order valence-corrected chi connectivity index (χ0v) is 12.9. The van der Waals surface area contributed by atoms with Crippen molar-refractivity contribution < 1.29 is 9.53 Å². The third kappa shape index (κ3) is 4.21. The molecule has 19 heavy (non-hydrogen) atoms. The van der Waals surface area contributed by atoms with E-state index in [0.717, 1.165) is 17.9 Å². The Morgan fingerprint density at radius 2 is 2.21 bits per heavy atom. The Labute approximate surface area is 119 Å². The van der Waals surface area contributed by atoms with Crippen molar-refractivity contribution in [3.05, 3.63) is 24.4 Å². The van der Waals surface area contributed by atoms with E-state index in [9.17, 15) is 4.79 Å². The molecular weight excluding hydrogens is 260 g/mol. The van der Waals surface area contributed by atoms with Crippen LogP contribution in [0.3, 0.4) is 0 Å². The van der Waals surface area contributed by atoms with E-state index in [-0.39, 0.29) is 5.91 Å². The van der Waals surface area contributed by atoms with Crippen LogP contribution in [-0.4, -0.2) is 41.9 Å². The number of carbonyl (C=O) groups excluding carboxylic acids is 1. The van der Waals surface area contributed by atoms with Gasteiger partial charge in [-0.1, -0.05) is 31.2 Å². The number of unbranched alkanes of at least 4 members (excludes halogenated alkanes) is 1. The molecule has 0 aliphatic carbocycles. The van der Waals surface area contributed by atoms with Gasteiger partial charge in [0.15, 0.2) is 4.93 Å². The van der Waals surface area contributed by atoms with Gasteiger partial charge >= 0.3 is 0 Å². The Kier molecular flexibility index (Phi) is 6.31.